The number of ketones is 1. The Morgan fingerprint density at radius 1 is 1.73 bits per heavy atom. The van der Waals surface area contributed by atoms with Gasteiger partial charge in [-0.3, -0.25) is 4.79 Å². The van der Waals surface area contributed by atoms with Crippen molar-refractivity contribution >= 4 is 11.5 Å². The van der Waals surface area contributed by atoms with E-state index in [4.69, 9.17) is 5.41 Å². The number of hydrogen-bond donors (Lipinski definition) is 1. The normalized spacial score (nSPS) is 17.9. The summed E-state index contributed by atoms with van der Waals surface area (Å²) in [6.45, 7) is 1.57. The Balaban J connectivity index is 2.61. The molecule has 0 bridgehead atoms. The predicted molar refractivity (Wildman–Crippen MR) is 45.0 cm³/mol. The van der Waals surface area contributed by atoms with Crippen molar-refractivity contribution in [1.29, 1.82) is 5.41 Å². The molecule has 0 saturated heterocycles. The fraction of sp³-hybridized carbons (Fsp3) is 0.556. The van der Waals surface area contributed by atoms with Crippen LogP contribution in [0.3, 0.4) is 0 Å². The molecular weight excluding hydrogens is 138 g/mol. The second-order valence-electron chi connectivity index (χ2n) is 2.98. The number of allylic oxidation sites excluding steroid dienone is 2. The number of hydrogen-bond acceptors (Lipinski definition) is 2. The van der Waals surface area contributed by atoms with Crippen molar-refractivity contribution in [2.75, 3.05) is 0 Å². The maximum atomic E-state index is 10.7. The van der Waals surface area contributed by atoms with Crippen molar-refractivity contribution in [3.63, 3.8) is 0 Å². The van der Waals surface area contributed by atoms with Gasteiger partial charge in [-0.25, -0.2) is 0 Å². The highest BCUT2D eigenvalue weighted by molar-refractivity contribution is 6.02. The summed E-state index contributed by atoms with van der Waals surface area (Å²) >= 11 is 0. The molecular formula is C9H13NO. The van der Waals surface area contributed by atoms with Gasteiger partial charge < -0.3 is 5.41 Å². The molecule has 0 aromatic rings. The van der Waals surface area contributed by atoms with E-state index in [-0.39, 0.29) is 5.78 Å². The zero-order valence-corrected chi connectivity index (χ0v) is 6.81. The minimum absolute atomic E-state index is 0.155. The molecule has 1 rings (SSSR count). The standard InChI is InChI=1S/C9H13NO/c1-7(11)6-8-4-2-3-5-9(8)10/h4,10H,2-3,5-6H2,1H3. The molecule has 0 heterocycles. The SMILES string of the molecule is CC(=O)CC1=CCCCC1=N. The molecule has 2 nitrogen and oxygen atoms in total. The average Bonchev–Trinajstić information content (AvgIpc) is 1.93. The summed E-state index contributed by atoms with van der Waals surface area (Å²) < 4.78 is 0. The molecule has 0 saturated carbocycles. The van der Waals surface area contributed by atoms with Crippen LogP contribution >= 0.6 is 0 Å². The molecule has 0 fully saturated rings. The van der Waals surface area contributed by atoms with Gasteiger partial charge in [-0.05, 0) is 31.8 Å². The summed E-state index contributed by atoms with van der Waals surface area (Å²) in [6.07, 6.45) is 5.43. The van der Waals surface area contributed by atoms with E-state index in [2.05, 4.69) is 0 Å². The van der Waals surface area contributed by atoms with Crippen LogP contribution in [0.1, 0.15) is 32.6 Å². The van der Waals surface area contributed by atoms with E-state index in [1.165, 1.54) is 0 Å². The second-order valence-corrected chi connectivity index (χ2v) is 2.98. The van der Waals surface area contributed by atoms with Crippen LogP contribution in [-0.2, 0) is 4.79 Å². The van der Waals surface area contributed by atoms with Gasteiger partial charge in [0.05, 0.1) is 0 Å². The molecule has 60 valence electrons. The molecule has 0 radical (unpaired) electrons. The Labute approximate surface area is 66.8 Å². The summed E-state index contributed by atoms with van der Waals surface area (Å²) in [5.74, 6) is 0.155. The minimum Gasteiger partial charge on any atom is -0.305 e. The van der Waals surface area contributed by atoms with E-state index in [1.807, 2.05) is 6.08 Å². The first-order valence-corrected chi connectivity index (χ1v) is 3.96. The van der Waals surface area contributed by atoms with Crippen molar-refractivity contribution in [2.24, 2.45) is 0 Å². The molecule has 11 heavy (non-hydrogen) atoms. The van der Waals surface area contributed by atoms with Gasteiger partial charge >= 0.3 is 0 Å². The van der Waals surface area contributed by atoms with E-state index in [1.54, 1.807) is 6.92 Å². The molecule has 1 aliphatic rings. The molecule has 0 aromatic heterocycles. The second kappa shape index (κ2) is 3.46. The lowest BCUT2D eigenvalue weighted by Gasteiger charge is -2.12. The maximum Gasteiger partial charge on any atom is 0.134 e. The quantitative estimate of drug-likeness (QED) is 0.645. The van der Waals surface area contributed by atoms with Crippen LogP contribution in [0.15, 0.2) is 11.6 Å². The average molecular weight is 151 g/mol. The van der Waals surface area contributed by atoms with Gasteiger partial charge in [0.1, 0.15) is 5.78 Å². The van der Waals surface area contributed by atoms with E-state index in [9.17, 15) is 4.79 Å². The summed E-state index contributed by atoms with van der Waals surface area (Å²) in [5, 5.41) is 7.52. The van der Waals surface area contributed by atoms with Gasteiger partial charge in [-0.1, -0.05) is 6.08 Å². The zero-order chi connectivity index (χ0) is 8.27. The lowest BCUT2D eigenvalue weighted by atomic mass is 9.94. The first-order chi connectivity index (χ1) is 5.20. The number of Topliss-reactive ketones (excluding diaryl/α,β-unsaturated/α-hetero) is 1. The van der Waals surface area contributed by atoms with E-state index in [0.29, 0.717) is 12.1 Å². The smallest absolute Gasteiger partial charge is 0.134 e. The van der Waals surface area contributed by atoms with Crippen LogP contribution in [0.25, 0.3) is 0 Å². The van der Waals surface area contributed by atoms with Crippen LogP contribution in [0.5, 0.6) is 0 Å². The molecule has 0 aliphatic heterocycles. The Bertz CT molecular complexity index is 216. The van der Waals surface area contributed by atoms with Gasteiger partial charge in [-0.2, -0.15) is 0 Å². The molecule has 0 amide bonds. The van der Waals surface area contributed by atoms with Crippen molar-refractivity contribution in [3.8, 4) is 0 Å². The fourth-order valence-electron chi connectivity index (χ4n) is 1.29. The Morgan fingerprint density at radius 2 is 2.45 bits per heavy atom. The first kappa shape index (κ1) is 8.18. The monoisotopic (exact) mass is 151 g/mol. The highest BCUT2D eigenvalue weighted by Crippen LogP contribution is 2.16. The van der Waals surface area contributed by atoms with Gasteiger partial charge in [0.15, 0.2) is 0 Å². The van der Waals surface area contributed by atoms with Crippen LogP contribution in [0, 0.1) is 5.41 Å². The first-order valence-electron chi connectivity index (χ1n) is 3.96. The highest BCUT2D eigenvalue weighted by atomic mass is 16.1. The van der Waals surface area contributed by atoms with E-state index >= 15 is 0 Å². The molecule has 2 heteroatoms. The topological polar surface area (TPSA) is 40.9 Å². The highest BCUT2D eigenvalue weighted by Gasteiger charge is 2.10. The summed E-state index contributed by atoms with van der Waals surface area (Å²) in [5.41, 5.74) is 1.61. The van der Waals surface area contributed by atoms with Crippen LogP contribution in [-0.4, -0.2) is 11.5 Å². The van der Waals surface area contributed by atoms with Crippen molar-refractivity contribution in [2.45, 2.75) is 32.6 Å². The largest absolute Gasteiger partial charge is 0.305 e. The third-order valence-corrected chi connectivity index (χ3v) is 1.85. The molecule has 0 spiro atoms. The third kappa shape index (κ3) is 2.30. The Hall–Kier alpha value is -0.920. The van der Waals surface area contributed by atoms with Crippen molar-refractivity contribution in [1.82, 2.24) is 0 Å². The van der Waals surface area contributed by atoms with Gasteiger partial charge in [0.25, 0.3) is 0 Å². The van der Waals surface area contributed by atoms with Crippen molar-refractivity contribution in [3.05, 3.63) is 11.6 Å². The number of rotatable bonds is 2. The zero-order valence-electron chi connectivity index (χ0n) is 6.81. The Kier molecular flexibility index (Phi) is 2.58. The molecule has 0 unspecified atom stereocenters. The summed E-state index contributed by atoms with van der Waals surface area (Å²) in [7, 11) is 0. The number of nitrogens with one attached hydrogen (secondary N) is 1. The molecule has 0 atom stereocenters. The minimum atomic E-state index is 0.155. The molecule has 0 aromatic carbocycles. The number of carbonyl (C=O) groups is 1. The summed E-state index contributed by atoms with van der Waals surface area (Å²) in [6, 6.07) is 0. The van der Waals surface area contributed by atoms with Crippen molar-refractivity contribution < 1.29 is 4.79 Å². The van der Waals surface area contributed by atoms with E-state index < -0.39 is 0 Å². The van der Waals surface area contributed by atoms with E-state index in [0.717, 1.165) is 24.8 Å². The lowest BCUT2D eigenvalue weighted by Crippen LogP contribution is -2.08. The van der Waals surface area contributed by atoms with Gasteiger partial charge in [-0.15, -0.1) is 0 Å². The fourth-order valence-corrected chi connectivity index (χ4v) is 1.29. The molecule has 1 N–H and O–H groups in total. The molecule has 1 aliphatic carbocycles. The van der Waals surface area contributed by atoms with Gasteiger partial charge in [0.2, 0.25) is 0 Å². The lowest BCUT2D eigenvalue weighted by molar-refractivity contribution is -0.116. The Morgan fingerprint density at radius 3 is 3.00 bits per heavy atom. The van der Waals surface area contributed by atoms with Crippen LogP contribution in [0.2, 0.25) is 0 Å². The van der Waals surface area contributed by atoms with Crippen LogP contribution in [0.4, 0.5) is 0 Å². The number of carbonyl (C=O) groups excluding carboxylic acids is 1. The summed E-state index contributed by atoms with van der Waals surface area (Å²) in [4.78, 5) is 10.7. The predicted octanol–water partition coefficient (Wildman–Crippen LogP) is 2.10. The third-order valence-electron chi connectivity index (χ3n) is 1.85. The maximum absolute atomic E-state index is 10.7. The van der Waals surface area contributed by atoms with Crippen LogP contribution < -0.4 is 0 Å². The van der Waals surface area contributed by atoms with Gasteiger partial charge in [0, 0.05) is 12.1 Å².